The second-order valence-corrected chi connectivity index (χ2v) is 9.71. The summed E-state index contributed by atoms with van der Waals surface area (Å²) in [6.07, 6.45) is 11.1. The Hall–Kier alpha value is -2.18. The van der Waals surface area contributed by atoms with Crippen molar-refractivity contribution in [1.29, 1.82) is 0 Å². The lowest BCUT2D eigenvalue weighted by Gasteiger charge is -2.31. The highest BCUT2D eigenvalue weighted by molar-refractivity contribution is 7.15. The minimum absolute atomic E-state index is 0.202. The maximum atomic E-state index is 13.4. The Bertz CT molecular complexity index is 1000. The van der Waals surface area contributed by atoms with E-state index in [0.717, 1.165) is 68.0 Å². The molecule has 164 valence electrons. The summed E-state index contributed by atoms with van der Waals surface area (Å²) in [5.41, 5.74) is 3.36. The molecule has 2 aromatic heterocycles. The van der Waals surface area contributed by atoms with Crippen LogP contribution in [0.4, 0.5) is 0 Å². The van der Waals surface area contributed by atoms with E-state index in [-0.39, 0.29) is 12.0 Å². The lowest BCUT2D eigenvalue weighted by atomic mass is 9.88. The number of imidazole rings is 1. The van der Waals surface area contributed by atoms with Crippen molar-refractivity contribution in [2.75, 3.05) is 19.7 Å². The maximum absolute atomic E-state index is 13.4. The summed E-state index contributed by atoms with van der Waals surface area (Å²) < 4.78 is 8.07. The summed E-state index contributed by atoms with van der Waals surface area (Å²) in [6.45, 7) is 2.32. The molecule has 31 heavy (non-hydrogen) atoms. The third kappa shape index (κ3) is 4.70. The number of nitrogens with zero attached hydrogens (tertiary/aromatic N) is 3. The minimum atomic E-state index is 0.202. The summed E-state index contributed by atoms with van der Waals surface area (Å²) in [6, 6.07) is 10.3. The van der Waals surface area contributed by atoms with Gasteiger partial charge < -0.3 is 9.64 Å². The Morgan fingerprint density at radius 1 is 1.13 bits per heavy atom. The van der Waals surface area contributed by atoms with E-state index in [1.807, 2.05) is 18.2 Å². The molecule has 5 rings (SSSR count). The lowest BCUT2D eigenvalue weighted by molar-refractivity contribution is -0.138. The van der Waals surface area contributed by atoms with E-state index >= 15 is 0 Å². The quantitative estimate of drug-likeness (QED) is 0.511. The van der Waals surface area contributed by atoms with Crippen molar-refractivity contribution >= 4 is 22.2 Å². The first-order chi connectivity index (χ1) is 15.3. The number of amides is 1. The number of hydrogen-bond donors (Lipinski definition) is 0. The molecular weight excluding hydrogens is 406 g/mol. The summed E-state index contributed by atoms with van der Waals surface area (Å²) in [5, 5.41) is 2.19. The molecule has 0 N–H and O–H groups in total. The zero-order valence-electron chi connectivity index (χ0n) is 18.0. The summed E-state index contributed by atoms with van der Waals surface area (Å²) in [5.74, 6) is 0.549. The largest absolute Gasteiger partial charge is 0.376 e. The van der Waals surface area contributed by atoms with Gasteiger partial charge >= 0.3 is 0 Å². The van der Waals surface area contributed by atoms with Crippen LogP contribution in [-0.4, -0.2) is 46.0 Å². The van der Waals surface area contributed by atoms with Crippen molar-refractivity contribution in [3.8, 4) is 11.3 Å². The Kier molecular flexibility index (Phi) is 6.37. The Morgan fingerprint density at radius 3 is 2.74 bits per heavy atom. The van der Waals surface area contributed by atoms with Gasteiger partial charge in [0.05, 0.1) is 11.8 Å². The third-order valence-corrected chi connectivity index (χ3v) is 7.59. The molecule has 1 saturated heterocycles. The molecule has 1 aliphatic carbocycles. The van der Waals surface area contributed by atoms with Gasteiger partial charge in [-0.1, -0.05) is 49.6 Å². The first-order valence-corrected chi connectivity index (χ1v) is 12.6. The molecular formula is C25H31N3O2S. The highest BCUT2D eigenvalue weighted by atomic mass is 32.1. The Morgan fingerprint density at radius 2 is 1.97 bits per heavy atom. The predicted molar refractivity (Wildman–Crippen MR) is 124 cm³/mol. The topological polar surface area (TPSA) is 46.8 Å². The second kappa shape index (κ2) is 9.53. The number of rotatable bonds is 7. The van der Waals surface area contributed by atoms with E-state index in [1.54, 1.807) is 11.3 Å². The predicted octanol–water partition coefficient (Wildman–Crippen LogP) is 5.19. The Labute approximate surface area is 188 Å². The maximum Gasteiger partial charge on any atom is 0.225 e. The molecule has 6 heteroatoms. The third-order valence-electron chi connectivity index (χ3n) is 6.70. The molecule has 1 amide bonds. The van der Waals surface area contributed by atoms with Crippen LogP contribution in [0.25, 0.3) is 16.2 Å². The molecule has 2 aliphatic rings. The average Bonchev–Trinajstić information content (AvgIpc) is 3.56. The van der Waals surface area contributed by atoms with Gasteiger partial charge in [-0.05, 0) is 25.7 Å². The molecule has 1 unspecified atom stereocenters. The van der Waals surface area contributed by atoms with E-state index in [0.29, 0.717) is 5.91 Å². The van der Waals surface area contributed by atoms with Crippen LogP contribution >= 0.6 is 11.3 Å². The van der Waals surface area contributed by atoms with Gasteiger partial charge in [0.1, 0.15) is 0 Å². The van der Waals surface area contributed by atoms with Crippen LogP contribution in [0.15, 0.2) is 41.9 Å². The number of thiazole rings is 1. The number of ether oxygens (including phenoxy) is 1. The number of carbonyl (C=O) groups excluding carboxylic acids is 1. The molecule has 3 aromatic rings. The molecule has 1 saturated carbocycles. The van der Waals surface area contributed by atoms with Gasteiger partial charge in [0.25, 0.3) is 0 Å². The van der Waals surface area contributed by atoms with Crippen molar-refractivity contribution < 1.29 is 9.53 Å². The molecule has 2 fully saturated rings. The highest BCUT2D eigenvalue weighted by Crippen LogP contribution is 2.27. The second-order valence-electron chi connectivity index (χ2n) is 8.88. The van der Waals surface area contributed by atoms with Crippen LogP contribution in [-0.2, 0) is 16.0 Å². The number of benzene rings is 1. The molecule has 0 bridgehead atoms. The first-order valence-electron chi connectivity index (χ1n) is 11.7. The average molecular weight is 438 g/mol. The fourth-order valence-electron chi connectivity index (χ4n) is 4.94. The van der Waals surface area contributed by atoms with Gasteiger partial charge in [0.2, 0.25) is 5.91 Å². The fourth-order valence-corrected chi connectivity index (χ4v) is 5.85. The molecule has 3 heterocycles. The van der Waals surface area contributed by atoms with E-state index < -0.39 is 0 Å². The van der Waals surface area contributed by atoms with Gasteiger partial charge in [-0.25, -0.2) is 4.98 Å². The smallest absolute Gasteiger partial charge is 0.225 e. The van der Waals surface area contributed by atoms with Gasteiger partial charge in [-0.15, -0.1) is 11.3 Å². The van der Waals surface area contributed by atoms with Crippen LogP contribution < -0.4 is 0 Å². The van der Waals surface area contributed by atoms with E-state index in [4.69, 9.17) is 9.72 Å². The fraction of sp³-hybridized carbons (Fsp3) is 0.520. The summed E-state index contributed by atoms with van der Waals surface area (Å²) in [7, 11) is 0. The van der Waals surface area contributed by atoms with Gasteiger partial charge in [0.15, 0.2) is 4.96 Å². The van der Waals surface area contributed by atoms with Gasteiger partial charge in [-0.3, -0.25) is 9.20 Å². The standard InChI is InChI=1S/C25H31N3O2S/c29-24(20-10-5-2-6-11-20)27(16-22-12-7-15-30-22)14-13-21-18-31-25-26-23(17-28(21)25)19-8-3-1-4-9-19/h1,3-4,8-9,17-18,20,22H,2,5-7,10-16H2. The molecule has 0 radical (unpaired) electrons. The number of fused-ring (bicyclic) bond motifs is 1. The first kappa shape index (κ1) is 20.7. The van der Waals surface area contributed by atoms with Crippen LogP contribution in [0.2, 0.25) is 0 Å². The van der Waals surface area contributed by atoms with Crippen molar-refractivity contribution in [2.24, 2.45) is 5.92 Å². The summed E-state index contributed by atoms with van der Waals surface area (Å²) in [4.78, 5) is 21.3. The number of hydrogen-bond acceptors (Lipinski definition) is 4. The van der Waals surface area contributed by atoms with Gasteiger partial charge in [-0.2, -0.15) is 0 Å². The molecule has 1 aliphatic heterocycles. The van der Waals surface area contributed by atoms with Crippen LogP contribution in [0.3, 0.4) is 0 Å². The SMILES string of the molecule is O=C(C1CCCCC1)N(CCc1csc2nc(-c3ccccc3)cn12)CC1CCCO1. The van der Waals surface area contributed by atoms with Crippen molar-refractivity contribution in [3.05, 3.63) is 47.6 Å². The minimum Gasteiger partial charge on any atom is -0.376 e. The highest BCUT2D eigenvalue weighted by Gasteiger charge is 2.29. The molecule has 1 aromatic carbocycles. The van der Waals surface area contributed by atoms with Crippen LogP contribution in [0.1, 0.15) is 50.6 Å². The Balaban J connectivity index is 1.31. The van der Waals surface area contributed by atoms with Crippen LogP contribution in [0, 0.1) is 5.92 Å². The van der Waals surface area contributed by atoms with Crippen molar-refractivity contribution in [2.45, 2.75) is 57.5 Å². The monoisotopic (exact) mass is 437 g/mol. The number of aromatic nitrogens is 2. The van der Waals surface area contributed by atoms with Crippen molar-refractivity contribution in [1.82, 2.24) is 14.3 Å². The van der Waals surface area contributed by atoms with Gasteiger partial charge in [0, 0.05) is 54.9 Å². The van der Waals surface area contributed by atoms with E-state index in [2.05, 4.69) is 33.0 Å². The zero-order chi connectivity index (χ0) is 21.0. The molecule has 5 nitrogen and oxygen atoms in total. The normalized spacial score (nSPS) is 19.8. The van der Waals surface area contributed by atoms with E-state index in [9.17, 15) is 4.79 Å². The lowest BCUT2D eigenvalue weighted by Crippen LogP contribution is -2.42. The number of carbonyl (C=O) groups is 1. The molecule has 1 atom stereocenters. The van der Waals surface area contributed by atoms with E-state index in [1.165, 1.54) is 25.0 Å². The van der Waals surface area contributed by atoms with Crippen molar-refractivity contribution in [3.63, 3.8) is 0 Å². The van der Waals surface area contributed by atoms with Crippen LogP contribution in [0.5, 0.6) is 0 Å². The summed E-state index contributed by atoms with van der Waals surface area (Å²) >= 11 is 1.67. The molecule has 0 spiro atoms. The zero-order valence-corrected chi connectivity index (χ0v) is 18.9.